The predicted octanol–water partition coefficient (Wildman–Crippen LogP) is 5.40. The maximum absolute atomic E-state index is 14.2. The van der Waals surface area contributed by atoms with Crippen molar-refractivity contribution in [1.82, 2.24) is 9.21 Å². The number of nitrogens with zero attached hydrogens (tertiary/aromatic N) is 2. The summed E-state index contributed by atoms with van der Waals surface area (Å²) in [6.07, 6.45) is -3.62. The summed E-state index contributed by atoms with van der Waals surface area (Å²) in [6, 6.07) is 14.4. The Morgan fingerprint density at radius 1 is 0.895 bits per heavy atom. The minimum Gasteiger partial charge on any atom is -0.573 e. The third kappa shape index (κ3) is 5.90. The Labute approximate surface area is 220 Å². The lowest BCUT2D eigenvalue weighted by Crippen LogP contribution is -2.56. The van der Waals surface area contributed by atoms with Crippen LogP contribution >= 0.6 is 0 Å². The van der Waals surface area contributed by atoms with Crippen LogP contribution in [0.15, 0.2) is 60.7 Å². The number of aryl methyl sites for hydroxylation is 2. The summed E-state index contributed by atoms with van der Waals surface area (Å²) in [5.41, 5.74) is 4.06. The first-order valence-corrected chi connectivity index (χ1v) is 13.2. The monoisotopic (exact) mass is 551 g/mol. The Hall–Kier alpha value is -2.86. The van der Waals surface area contributed by atoms with Crippen LogP contribution in [0, 0.1) is 11.6 Å². The first kappa shape index (κ1) is 26.7. The second-order valence-corrected chi connectivity index (χ2v) is 10.7. The van der Waals surface area contributed by atoms with E-state index in [-0.39, 0.29) is 29.3 Å². The molecule has 11 heteroatoms. The first-order valence-electron chi connectivity index (χ1n) is 12.1. The molecule has 0 bridgehead atoms. The highest BCUT2D eigenvalue weighted by atomic mass is 32.2. The van der Waals surface area contributed by atoms with Crippen LogP contribution in [0.4, 0.5) is 27.6 Å². The number of hydrogen-bond acceptors (Lipinski definition) is 5. The smallest absolute Gasteiger partial charge is 0.573 e. The number of anilines is 1. The normalized spacial score (nSPS) is 19.8. The zero-order chi connectivity index (χ0) is 27.0. The molecular weight excluding hydrogens is 525 g/mol. The van der Waals surface area contributed by atoms with Crippen molar-refractivity contribution in [3.05, 3.63) is 94.6 Å². The molecule has 5 rings (SSSR count). The maximum Gasteiger partial charge on any atom is 0.573 e. The number of rotatable bonds is 5. The van der Waals surface area contributed by atoms with Crippen LogP contribution in [0.1, 0.15) is 28.2 Å². The van der Waals surface area contributed by atoms with E-state index in [1.807, 2.05) is 7.05 Å². The molecule has 1 saturated heterocycles. The average molecular weight is 552 g/mol. The molecule has 5 nitrogen and oxygen atoms in total. The molecule has 1 aliphatic heterocycles. The molecular formula is C27H26F5N3O2S. The van der Waals surface area contributed by atoms with Crippen molar-refractivity contribution in [3.8, 4) is 5.75 Å². The number of likely N-dealkylation sites (N-methyl/N-ethyl adjacent to an activating group) is 1. The zero-order valence-corrected chi connectivity index (χ0v) is 21.3. The standard InChI is InChI=1S/C27H26F5N3O2S/c1-34-12-13-35(38(36)33-21-6-8-22(9-7-21)37-27(30,31)32)16-25(34)26-23-10-4-19(28)14-17(23)2-3-18-15-20(29)5-11-24(18)26/h4-11,14-15,25-26,33H,2-3,12-13,16H2,1H3. The fourth-order valence-corrected chi connectivity index (χ4v) is 6.32. The molecule has 1 N–H and O–H groups in total. The maximum atomic E-state index is 14.2. The third-order valence-electron chi connectivity index (χ3n) is 7.12. The fourth-order valence-electron chi connectivity index (χ4n) is 5.31. The number of halogens is 5. The Kier molecular flexibility index (Phi) is 7.54. The Morgan fingerprint density at radius 3 is 2.03 bits per heavy atom. The number of alkyl halides is 3. The molecule has 2 aliphatic rings. The van der Waals surface area contributed by atoms with Gasteiger partial charge in [0.05, 0.1) is 18.8 Å². The van der Waals surface area contributed by atoms with E-state index in [0.29, 0.717) is 38.2 Å². The van der Waals surface area contributed by atoms with Crippen LogP contribution in [-0.4, -0.2) is 52.8 Å². The summed E-state index contributed by atoms with van der Waals surface area (Å²) < 4.78 is 87.4. The molecule has 1 heterocycles. The summed E-state index contributed by atoms with van der Waals surface area (Å²) in [7, 11) is 1.98. The summed E-state index contributed by atoms with van der Waals surface area (Å²) in [5.74, 6) is -1.22. The molecule has 2 unspecified atom stereocenters. The van der Waals surface area contributed by atoms with Gasteiger partial charge in [-0.2, -0.15) is 4.72 Å². The third-order valence-corrected chi connectivity index (χ3v) is 8.33. The van der Waals surface area contributed by atoms with Crippen LogP contribution < -0.4 is 9.46 Å². The van der Waals surface area contributed by atoms with Gasteiger partial charge in [-0.1, -0.05) is 12.1 Å². The van der Waals surface area contributed by atoms with Gasteiger partial charge >= 0.3 is 6.36 Å². The second-order valence-electron chi connectivity index (χ2n) is 9.52. The molecule has 38 heavy (non-hydrogen) atoms. The minimum absolute atomic E-state index is 0.149. The zero-order valence-electron chi connectivity index (χ0n) is 20.5. The van der Waals surface area contributed by atoms with Gasteiger partial charge in [0.15, 0.2) is 11.5 Å². The van der Waals surface area contributed by atoms with E-state index in [0.717, 1.165) is 34.4 Å². The van der Waals surface area contributed by atoms with Gasteiger partial charge < -0.3 is 9.29 Å². The lowest BCUT2D eigenvalue weighted by atomic mass is 9.81. The SMILES string of the molecule is CN1CCN([S+]([O-])Nc2ccc(OC(F)(F)F)cc2)CC1C1c2ccc(F)cc2CCc2cc(F)ccc21. The lowest BCUT2D eigenvalue weighted by Gasteiger charge is -2.42. The van der Waals surface area contributed by atoms with Gasteiger partial charge in [0.25, 0.3) is 0 Å². The number of hydrogen-bond donors (Lipinski definition) is 1. The van der Waals surface area contributed by atoms with Gasteiger partial charge in [0, 0.05) is 18.5 Å². The van der Waals surface area contributed by atoms with Crippen molar-refractivity contribution >= 4 is 17.2 Å². The molecule has 1 aliphatic carbocycles. The van der Waals surface area contributed by atoms with Crippen LogP contribution in [0.3, 0.4) is 0 Å². The Morgan fingerprint density at radius 2 is 1.47 bits per heavy atom. The van der Waals surface area contributed by atoms with Crippen LogP contribution in [0.2, 0.25) is 0 Å². The molecule has 0 saturated carbocycles. The molecule has 0 radical (unpaired) electrons. The molecule has 1 fully saturated rings. The summed E-state index contributed by atoms with van der Waals surface area (Å²) in [6.45, 7) is 1.48. The Balaban J connectivity index is 1.39. The van der Waals surface area contributed by atoms with E-state index in [4.69, 9.17) is 0 Å². The summed E-state index contributed by atoms with van der Waals surface area (Å²) in [4.78, 5) is 2.17. The highest BCUT2D eigenvalue weighted by Crippen LogP contribution is 2.40. The van der Waals surface area contributed by atoms with E-state index in [1.54, 1.807) is 16.4 Å². The van der Waals surface area contributed by atoms with Gasteiger partial charge in [-0.15, -0.1) is 17.5 Å². The van der Waals surface area contributed by atoms with Crippen molar-refractivity contribution in [3.63, 3.8) is 0 Å². The largest absolute Gasteiger partial charge is 0.573 e. The first-order chi connectivity index (χ1) is 18.1. The highest BCUT2D eigenvalue weighted by molar-refractivity contribution is 7.90. The quantitative estimate of drug-likeness (QED) is 0.340. The second kappa shape index (κ2) is 10.7. The number of nitrogens with one attached hydrogen (secondary N) is 1. The van der Waals surface area contributed by atoms with Crippen LogP contribution in [0.25, 0.3) is 0 Å². The van der Waals surface area contributed by atoms with Crippen molar-refractivity contribution < 1.29 is 31.2 Å². The Bertz CT molecular complexity index is 1240. The van der Waals surface area contributed by atoms with Gasteiger partial charge in [0.2, 0.25) is 0 Å². The van der Waals surface area contributed by atoms with E-state index in [2.05, 4.69) is 14.4 Å². The van der Waals surface area contributed by atoms with Gasteiger partial charge in [-0.3, -0.25) is 4.90 Å². The van der Waals surface area contributed by atoms with Gasteiger partial charge in [-0.25, -0.2) is 8.78 Å². The van der Waals surface area contributed by atoms with E-state index in [1.165, 1.54) is 36.4 Å². The van der Waals surface area contributed by atoms with Gasteiger partial charge in [-0.05, 0) is 90.7 Å². The van der Waals surface area contributed by atoms with Crippen LogP contribution in [-0.2, 0) is 24.4 Å². The predicted molar refractivity (Wildman–Crippen MR) is 135 cm³/mol. The molecule has 202 valence electrons. The van der Waals surface area contributed by atoms with Crippen LogP contribution in [0.5, 0.6) is 5.75 Å². The van der Waals surface area contributed by atoms with E-state index < -0.39 is 17.9 Å². The molecule has 2 atom stereocenters. The molecule has 0 spiro atoms. The number of piperazine rings is 1. The molecule has 0 aromatic heterocycles. The summed E-state index contributed by atoms with van der Waals surface area (Å²) >= 11 is -1.68. The molecule has 0 amide bonds. The van der Waals surface area contributed by atoms with E-state index >= 15 is 0 Å². The lowest BCUT2D eigenvalue weighted by molar-refractivity contribution is -0.274. The summed E-state index contributed by atoms with van der Waals surface area (Å²) in [5, 5.41) is 0. The minimum atomic E-state index is -4.79. The van der Waals surface area contributed by atoms with E-state index in [9.17, 15) is 26.5 Å². The average Bonchev–Trinajstić information content (AvgIpc) is 3.01. The topological polar surface area (TPSA) is 50.8 Å². The van der Waals surface area contributed by atoms with Crippen molar-refractivity contribution in [2.24, 2.45) is 0 Å². The highest BCUT2D eigenvalue weighted by Gasteiger charge is 2.40. The fraction of sp³-hybridized carbons (Fsp3) is 0.333. The van der Waals surface area contributed by atoms with Crippen molar-refractivity contribution in [2.45, 2.75) is 31.2 Å². The molecule has 3 aromatic carbocycles. The number of ether oxygens (including phenoxy) is 1. The number of fused-ring (bicyclic) bond motifs is 2. The number of benzene rings is 3. The molecule has 3 aromatic rings. The van der Waals surface area contributed by atoms with Crippen molar-refractivity contribution in [1.29, 1.82) is 0 Å². The van der Waals surface area contributed by atoms with Gasteiger partial charge in [0.1, 0.15) is 17.4 Å². The van der Waals surface area contributed by atoms with Crippen molar-refractivity contribution in [2.75, 3.05) is 31.4 Å².